The molecule has 1 atom stereocenters. The molecule has 28 heavy (non-hydrogen) atoms. The Morgan fingerprint density at radius 2 is 1.93 bits per heavy atom. The Kier molecular flexibility index (Phi) is 5.84. The molecular weight excluding hydrogens is 420 g/mol. The molecule has 2 aromatic rings. The van der Waals surface area contributed by atoms with Crippen LogP contribution in [0.1, 0.15) is 42.1 Å². The van der Waals surface area contributed by atoms with Gasteiger partial charge in [-0.2, -0.15) is 5.10 Å². The number of hydrogen-bond acceptors (Lipinski definition) is 4. The Morgan fingerprint density at radius 3 is 2.50 bits per heavy atom. The van der Waals surface area contributed by atoms with Gasteiger partial charge in [0.15, 0.2) is 5.78 Å². The molecule has 1 fully saturated rings. The van der Waals surface area contributed by atoms with Crippen LogP contribution < -0.4 is 0 Å². The lowest BCUT2D eigenvalue weighted by Gasteiger charge is -2.31. The zero-order valence-corrected chi connectivity index (χ0v) is 18.0. The highest BCUT2D eigenvalue weighted by Gasteiger charge is 2.46. The lowest BCUT2D eigenvalue weighted by Crippen LogP contribution is -2.35. The Labute approximate surface area is 173 Å². The number of aromatic nitrogens is 2. The highest BCUT2D eigenvalue weighted by molar-refractivity contribution is 9.10. The van der Waals surface area contributed by atoms with Crippen LogP contribution in [-0.4, -0.2) is 46.2 Å². The third-order valence-corrected chi connectivity index (χ3v) is 6.08. The molecule has 0 bridgehead atoms. The number of halogens is 1. The van der Waals surface area contributed by atoms with Gasteiger partial charge in [-0.3, -0.25) is 14.3 Å². The number of Topliss-reactive ketones (excluding diaryl/α,β-unsaturated/α-hetero) is 1. The summed E-state index contributed by atoms with van der Waals surface area (Å²) >= 11 is 3.46. The van der Waals surface area contributed by atoms with E-state index in [1.54, 1.807) is 20.3 Å². The first-order chi connectivity index (χ1) is 13.2. The highest BCUT2D eigenvalue weighted by Crippen LogP contribution is 2.48. The van der Waals surface area contributed by atoms with Crippen molar-refractivity contribution in [2.75, 3.05) is 14.1 Å². The van der Waals surface area contributed by atoms with Crippen LogP contribution in [0.3, 0.4) is 0 Å². The van der Waals surface area contributed by atoms with E-state index in [0.717, 1.165) is 22.9 Å². The van der Waals surface area contributed by atoms with Gasteiger partial charge in [-0.1, -0.05) is 28.1 Å². The van der Waals surface area contributed by atoms with E-state index in [1.165, 1.54) is 15.8 Å². The minimum absolute atomic E-state index is 0.0520. The van der Waals surface area contributed by atoms with Crippen molar-refractivity contribution in [1.29, 1.82) is 5.41 Å². The molecule has 1 aliphatic carbocycles. The zero-order chi connectivity index (χ0) is 20.5. The van der Waals surface area contributed by atoms with Gasteiger partial charge in [0, 0.05) is 42.3 Å². The first-order valence-corrected chi connectivity index (χ1v) is 10.1. The summed E-state index contributed by atoms with van der Waals surface area (Å²) in [5.74, 6) is 0.165. The van der Waals surface area contributed by atoms with Gasteiger partial charge in [-0.25, -0.2) is 0 Å². The van der Waals surface area contributed by atoms with Crippen molar-refractivity contribution in [2.24, 2.45) is 5.92 Å². The lowest BCUT2D eigenvalue weighted by molar-refractivity contribution is -0.129. The van der Waals surface area contributed by atoms with Crippen LogP contribution in [-0.2, 0) is 16.8 Å². The fourth-order valence-corrected chi connectivity index (χ4v) is 3.70. The Balaban J connectivity index is 1.74. The molecule has 1 saturated carbocycles. The summed E-state index contributed by atoms with van der Waals surface area (Å²) in [5.41, 5.74) is 1.50. The Bertz CT molecular complexity index is 899. The van der Waals surface area contributed by atoms with E-state index in [0.29, 0.717) is 17.2 Å². The quantitative estimate of drug-likeness (QED) is 0.497. The highest BCUT2D eigenvalue weighted by atomic mass is 79.9. The summed E-state index contributed by atoms with van der Waals surface area (Å²) in [6.07, 6.45) is 5.27. The summed E-state index contributed by atoms with van der Waals surface area (Å²) in [6, 6.07) is 8.03. The average molecular weight is 445 g/mol. The lowest BCUT2D eigenvalue weighted by atomic mass is 9.72. The average Bonchev–Trinajstić information content (AvgIpc) is 3.41. The summed E-state index contributed by atoms with van der Waals surface area (Å²) in [5, 5.41) is 12.9. The van der Waals surface area contributed by atoms with Gasteiger partial charge in [0.2, 0.25) is 5.91 Å². The van der Waals surface area contributed by atoms with Crippen LogP contribution in [0.2, 0.25) is 0 Å². The third kappa shape index (κ3) is 4.24. The summed E-state index contributed by atoms with van der Waals surface area (Å²) in [7, 11) is 3.36. The molecule has 1 amide bonds. The maximum Gasteiger partial charge on any atom is 0.243 e. The molecule has 6 nitrogen and oxygen atoms in total. The number of nitrogens with zero attached hydrogens (tertiary/aromatic N) is 3. The Hall–Kier alpha value is -2.28. The van der Waals surface area contributed by atoms with Crippen molar-refractivity contribution in [3.05, 3.63) is 52.3 Å². The van der Waals surface area contributed by atoms with Crippen LogP contribution in [0, 0.1) is 11.3 Å². The van der Waals surface area contributed by atoms with E-state index in [9.17, 15) is 9.59 Å². The number of carbonyl (C=O) groups is 2. The smallest absolute Gasteiger partial charge is 0.243 e. The Morgan fingerprint density at radius 1 is 1.29 bits per heavy atom. The number of amides is 1. The SMILES string of the molecule is CN(C)C(=O)Cn1cc(C(=O)CC(=N)C(C)(c2ccc(Br)cc2)C2CC2)cn1. The second kappa shape index (κ2) is 7.99. The van der Waals surface area contributed by atoms with Crippen molar-refractivity contribution in [2.45, 2.75) is 38.1 Å². The van der Waals surface area contributed by atoms with Gasteiger partial charge < -0.3 is 10.3 Å². The van der Waals surface area contributed by atoms with Gasteiger partial charge in [0.1, 0.15) is 6.54 Å². The zero-order valence-electron chi connectivity index (χ0n) is 16.4. The molecule has 1 aromatic carbocycles. The minimum atomic E-state index is -0.437. The maximum atomic E-state index is 12.8. The van der Waals surface area contributed by atoms with Crippen molar-refractivity contribution < 1.29 is 9.59 Å². The van der Waals surface area contributed by atoms with Crippen LogP contribution in [0.5, 0.6) is 0 Å². The molecule has 0 saturated heterocycles. The molecule has 0 spiro atoms. The molecule has 1 aliphatic rings. The molecule has 148 valence electrons. The van der Waals surface area contributed by atoms with Crippen LogP contribution in [0.15, 0.2) is 41.1 Å². The van der Waals surface area contributed by atoms with E-state index < -0.39 is 5.41 Å². The van der Waals surface area contributed by atoms with Gasteiger partial charge in [0.05, 0.1) is 11.8 Å². The standard InChI is InChI=1S/C21H25BrN4O2/c1-21(15-4-5-15,16-6-8-17(22)9-7-16)19(23)10-18(27)14-11-24-26(12-14)13-20(28)25(2)3/h6-9,11-12,15,23H,4-5,10,13H2,1-3H3. The van der Waals surface area contributed by atoms with Gasteiger partial charge in [-0.05, 0) is 43.4 Å². The molecule has 7 heteroatoms. The second-order valence-corrected chi connectivity index (χ2v) is 8.69. The largest absolute Gasteiger partial charge is 0.347 e. The number of benzene rings is 1. The predicted molar refractivity (Wildman–Crippen MR) is 112 cm³/mol. The van der Waals surface area contributed by atoms with Gasteiger partial charge >= 0.3 is 0 Å². The topological polar surface area (TPSA) is 79.0 Å². The van der Waals surface area contributed by atoms with Gasteiger partial charge in [-0.15, -0.1) is 0 Å². The number of carbonyl (C=O) groups excluding carboxylic acids is 2. The first kappa shape index (κ1) is 20.5. The minimum Gasteiger partial charge on any atom is -0.347 e. The van der Waals surface area contributed by atoms with E-state index in [1.807, 2.05) is 24.3 Å². The summed E-state index contributed by atoms with van der Waals surface area (Å²) in [4.78, 5) is 26.1. The van der Waals surface area contributed by atoms with Crippen molar-refractivity contribution in [3.63, 3.8) is 0 Å². The molecule has 3 rings (SSSR count). The molecule has 0 radical (unpaired) electrons. The molecule has 1 N–H and O–H groups in total. The molecular formula is C21H25BrN4O2. The third-order valence-electron chi connectivity index (χ3n) is 5.55. The van der Waals surface area contributed by atoms with E-state index in [-0.39, 0.29) is 24.7 Å². The monoisotopic (exact) mass is 444 g/mol. The summed E-state index contributed by atoms with van der Waals surface area (Å²) < 4.78 is 2.46. The first-order valence-electron chi connectivity index (χ1n) is 9.31. The molecule has 1 heterocycles. The molecule has 0 aliphatic heterocycles. The number of nitrogens with one attached hydrogen (secondary N) is 1. The van der Waals surface area contributed by atoms with Crippen LogP contribution in [0.25, 0.3) is 0 Å². The van der Waals surface area contributed by atoms with Crippen LogP contribution in [0.4, 0.5) is 0 Å². The van der Waals surface area contributed by atoms with Crippen molar-refractivity contribution >= 4 is 33.3 Å². The number of ketones is 1. The van der Waals surface area contributed by atoms with E-state index in [2.05, 4.69) is 28.0 Å². The van der Waals surface area contributed by atoms with Crippen LogP contribution >= 0.6 is 15.9 Å². The second-order valence-electron chi connectivity index (χ2n) is 7.78. The summed E-state index contributed by atoms with van der Waals surface area (Å²) in [6.45, 7) is 2.17. The van der Waals surface area contributed by atoms with Gasteiger partial charge in [0.25, 0.3) is 0 Å². The fraction of sp³-hybridized carbons (Fsp3) is 0.429. The molecule has 1 aromatic heterocycles. The number of likely N-dealkylation sites (N-methyl/N-ethyl adjacent to an activating group) is 1. The van der Waals surface area contributed by atoms with E-state index >= 15 is 0 Å². The normalized spacial score (nSPS) is 15.7. The number of rotatable bonds is 8. The predicted octanol–water partition coefficient (Wildman–Crippen LogP) is 3.69. The fourth-order valence-electron chi connectivity index (χ4n) is 3.43. The van der Waals surface area contributed by atoms with Crippen molar-refractivity contribution in [3.8, 4) is 0 Å². The maximum absolute atomic E-state index is 12.8. The molecule has 1 unspecified atom stereocenters. The number of hydrogen-bond donors (Lipinski definition) is 1. The van der Waals surface area contributed by atoms with E-state index in [4.69, 9.17) is 5.41 Å². The van der Waals surface area contributed by atoms with Crippen molar-refractivity contribution in [1.82, 2.24) is 14.7 Å².